The Morgan fingerprint density at radius 3 is 2.30 bits per heavy atom. The molecule has 1 heteroatoms. The normalized spacial score (nSPS) is 18.8. The van der Waals surface area contributed by atoms with Crippen LogP contribution in [0, 0.1) is 5.41 Å². The van der Waals surface area contributed by atoms with Gasteiger partial charge in [-0.3, -0.25) is 0 Å². The molecule has 1 aliphatic rings. The van der Waals surface area contributed by atoms with Crippen molar-refractivity contribution >= 4 is 0 Å². The Hall–Kier alpha value is -1.34. The number of hydrogen-bond acceptors (Lipinski definition) is 1. The molecule has 0 spiro atoms. The molecule has 0 radical (unpaired) electrons. The van der Waals surface area contributed by atoms with Gasteiger partial charge in [0.25, 0.3) is 0 Å². The van der Waals surface area contributed by atoms with Crippen molar-refractivity contribution < 1.29 is 5.11 Å². The minimum absolute atomic E-state index is 0.172. The van der Waals surface area contributed by atoms with Crippen LogP contribution in [-0.4, -0.2) is 11.7 Å². The van der Waals surface area contributed by atoms with E-state index in [0.29, 0.717) is 5.41 Å². The molecule has 0 unspecified atom stereocenters. The fourth-order valence-corrected chi connectivity index (χ4v) is 4.09. The second-order valence-corrected chi connectivity index (χ2v) is 8.85. The molecular formula is C26H42O. The number of aliphatic hydroxyl groups excluding tert-OH is 1. The van der Waals surface area contributed by atoms with Crippen molar-refractivity contribution in [2.45, 2.75) is 92.4 Å². The van der Waals surface area contributed by atoms with E-state index < -0.39 is 0 Å². The van der Waals surface area contributed by atoms with Crippen LogP contribution in [0.25, 0.3) is 0 Å². The summed E-state index contributed by atoms with van der Waals surface area (Å²) in [6, 6.07) is 0. The van der Waals surface area contributed by atoms with Crippen LogP contribution in [0.5, 0.6) is 0 Å². The van der Waals surface area contributed by atoms with Crippen molar-refractivity contribution in [1.82, 2.24) is 0 Å². The van der Waals surface area contributed by atoms with Gasteiger partial charge in [0, 0.05) is 0 Å². The highest BCUT2D eigenvalue weighted by atomic mass is 16.3. The summed E-state index contributed by atoms with van der Waals surface area (Å²) in [4.78, 5) is 0. The Bertz CT molecular complexity index is 596. The first-order valence-electron chi connectivity index (χ1n) is 10.7. The fraction of sp³-hybridized carbons (Fsp3) is 0.615. The van der Waals surface area contributed by atoms with E-state index in [4.69, 9.17) is 5.11 Å². The maximum atomic E-state index is 9.00. The summed E-state index contributed by atoms with van der Waals surface area (Å²) in [5.41, 5.74) is 7.59. The van der Waals surface area contributed by atoms with Gasteiger partial charge in [-0.2, -0.15) is 0 Å². The molecule has 0 atom stereocenters. The topological polar surface area (TPSA) is 20.2 Å². The molecule has 0 amide bonds. The zero-order valence-electron chi connectivity index (χ0n) is 18.5. The summed E-state index contributed by atoms with van der Waals surface area (Å²) >= 11 is 0. The number of hydrogen-bond donors (Lipinski definition) is 1. The number of rotatable bonds is 11. The SMILES string of the molecule is C=C/C(=C\CC/C(C)=C/CC/C=C(\C)CO)CCC1=C(C)CCCC1(C)C. The standard InChI is InChI=1S/C26H42O/c1-7-24(17-18-25-23(4)15-11-19-26(25,5)6)16-10-14-21(2)12-8-9-13-22(3)20-27/h7,12-13,16,27H,1,8-11,14-15,17-20H2,2-6H3/b21-12+,22-13+,24-16+. The Labute approximate surface area is 168 Å². The summed E-state index contributed by atoms with van der Waals surface area (Å²) < 4.78 is 0. The Morgan fingerprint density at radius 2 is 1.70 bits per heavy atom. The summed E-state index contributed by atoms with van der Waals surface area (Å²) in [7, 11) is 0. The summed E-state index contributed by atoms with van der Waals surface area (Å²) in [5, 5.41) is 9.00. The van der Waals surface area contributed by atoms with Crippen molar-refractivity contribution in [2.24, 2.45) is 5.41 Å². The van der Waals surface area contributed by atoms with Crippen molar-refractivity contribution in [3.05, 3.63) is 58.7 Å². The third kappa shape index (κ3) is 8.93. The van der Waals surface area contributed by atoms with Gasteiger partial charge in [0.1, 0.15) is 0 Å². The fourth-order valence-electron chi connectivity index (χ4n) is 4.09. The number of allylic oxidation sites excluding steroid dienone is 8. The molecule has 0 heterocycles. The highest BCUT2D eigenvalue weighted by molar-refractivity contribution is 5.26. The van der Waals surface area contributed by atoms with Crippen LogP contribution < -0.4 is 0 Å². The van der Waals surface area contributed by atoms with Crippen molar-refractivity contribution in [1.29, 1.82) is 0 Å². The molecule has 0 saturated carbocycles. The molecule has 1 rings (SSSR count). The zero-order valence-corrected chi connectivity index (χ0v) is 18.5. The summed E-state index contributed by atoms with van der Waals surface area (Å²) in [6.07, 6.45) is 19.4. The van der Waals surface area contributed by atoms with Crippen LogP contribution >= 0.6 is 0 Å². The largest absolute Gasteiger partial charge is 0.392 e. The van der Waals surface area contributed by atoms with Crippen molar-refractivity contribution in [3.8, 4) is 0 Å². The van der Waals surface area contributed by atoms with E-state index in [1.165, 1.54) is 36.8 Å². The van der Waals surface area contributed by atoms with Gasteiger partial charge in [-0.15, -0.1) is 0 Å². The van der Waals surface area contributed by atoms with Gasteiger partial charge in [0.15, 0.2) is 0 Å². The molecule has 1 aliphatic carbocycles. The van der Waals surface area contributed by atoms with Crippen LogP contribution in [0.4, 0.5) is 0 Å². The Kier molecular flexibility index (Phi) is 10.7. The first-order chi connectivity index (χ1) is 12.8. The molecule has 0 bridgehead atoms. The van der Waals surface area contributed by atoms with Crippen LogP contribution in [0.3, 0.4) is 0 Å². The predicted octanol–water partition coefficient (Wildman–Crippen LogP) is 7.85. The molecule has 27 heavy (non-hydrogen) atoms. The molecule has 1 nitrogen and oxygen atoms in total. The van der Waals surface area contributed by atoms with Gasteiger partial charge in [-0.25, -0.2) is 0 Å². The lowest BCUT2D eigenvalue weighted by molar-refractivity contribution is 0.331. The Balaban J connectivity index is 2.48. The van der Waals surface area contributed by atoms with Crippen LogP contribution in [0.2, 0.25) is 0 Å². The second kappa shape index (κ2) is 12.2. The first-order valence-corrected chi connectivity index (χ1v) is 10.7. The molecule has 0 aromatic carbocycles. The van der Waals surface area contributed by atoms with Gasteiger partial charge in [-0.1, -0.05) is 72.6 Å². The molecule has 0 aromatic rings. The smallest absolute Gasteiger partial charge is 0.0639 e. The first kappa shape index (κ1) is 23.7. The highest BCUT2D eigenvalue weighted by Gasteiger charge is 2.27. The van der Waals surface area contributed by atoms with E-state index >= 15 is 0 Å². The minimum Gasteiger partial charge on any atom is -0.392 e. The predicted molar refractivity (Wildman–Crippen MR) is 121 cm³/mol. The minimum atomic E-state index is 0.172. The highest BCUT2D eigenvalue weighted by Crippen LogP contribution is 2.42. The summed E-state index contributed by atoms with van der Waals surface area (Å²) in [5.74, 6) is 0. The van der Waals surface area contributed by atoms with E-state index in [9.17, 15) is 0 Å². The third-order valence-corrected chi connectivity index (χ3v) is 5.96. The monoisotopic (exact) mass is 370 g/mol. The maximum Gasteiger partial charge on any atom is 0.0639 e. The van der Waals surface area contributed by atoms with Crippen LogP contribution in [0.1, 0.15) is 92.4 Å². The van der Waals surface area contributed by atoms with Crippen LogP contribution in [0.15, 0.2) is 58.7 Å². The zero-order chi connectivity index (χ0) is 20.3. The molecule has 0 aliphatic heterocycles. The van der Waals surface area contributed by atoms with E-state index in [2.05, 4.69) is 52.5 Å². The van der Waals surface area contributed by atoms with E-state index in [1.807, 2.05) is 13.0 Å². The maximum absolute atomic E-state index is 9.00. The molecule has 152 valence electrons. The average Bonchev–Trinajstić information content (AvgIpc) is 2.62. The Morgan fingerprint density at radius 1 is 1.04 bits per heavy atom. The number of unbranched alkanes of at least 4 members (excludes halogenated alkanes) is 1. The van der Waals surface area contributed by atoms with Gasteiger partial charge in [0.2, 0.25) is 0 Å². The molecular weight excluding hydrogens is 328 g/mol. The van der Waals surface area contributed by atoms with Crippen molar-refractivity contribution in [2.75, 3.05) is 6.61 Å². The number of aliphatic hydroxyl groups is 1. The third-order valence-electron chi connectivity index (χ3n) is 5.96. The molecule has 0 aromatic heterocycles. The lowest BCUT2D eigenvalue weighted by Gasteiger charge is -2.35. The average molecular weight is 371 g/mol. The van der Waals surface area contributed by atoms with Gasteiger partial charge >= 0.3 is 0 Å². The molecule has 0 fully saturated rings. The van der Waals surface area contributed by atoms with Gasteiger partial charge in [-0.05, 0) is 84.0 Å². The van der Waals surface area contributed by atoms with Gasteiger partial charge < -0.3 is 5.11 Å². The molecule has 0 saturated heterocycles. The van der Waals surface area contributed by atoms with E-state index in [1.54, 1.807) is 11.1 Å². The second-order valence-electron chi connectivity index (χ2n) is 8.85. The quantitative estimate of drug-likeness (QED) is 0.223. The van der Waals surface area contributed by atoms with E-state index in [0.717, 1.165) is 37.7 Å². The van der Waals surface area contributed by atoms with Crippen molar-refractivity contribution in [3.63, 3.8) is 0 Å². The lowest BCUT2D eigenvalue weighted by Crippen LogP contribution is -2.20. The van der Waals surface area contributed by atoms with Gasteiger partial charge in [0.05, 0.1) is 6.61 Å². The van der Waals surface area contributed by atoms with Crippen LogP contribution in [-0.2, 0) is 0 Å². The summed E-state index contributed by atoms with van der Waals surface area (Å²) in [6.45, 7) is 15.6. The lowest BCUT2D eigenvalue weighted by atomic mass is 9.71. The molecule has 1 N–H and O–H groups in total. The van der Waals surface area contributed by atoms with E-state index in [-0.39, 0.29) is 6.61 Å².